The Morgan fingerprint density at radius 3 is 2.74 bits per heavy atom. The van der Waals surface area contributed by atoms with E-state index in [4.69, 9.17) is 4.74 Å². The first-order valence-corrected chi connectivity index (χ1v) is 5.99. The molecule has 4 heteroatoms. The molecule has 19 heavy (non-hydrogen) atoms. The summed E-state index contributed by atoms with van der Waals surface area (Å²) in [7, 11) is 0. The van der Waals surface area contributed by atoms with Crippen molar-refractivity contribution in [1.29, 1.82) is 0 Å². The summed E-state index contributed by atoms with van der Waals surface area (Å²) in [4.78, 5) is 12.0. The van der Waals surface area contributed by atoms with E-state index in [-0.39, 0.29) is 11.7 Å². The number of benzene rings is 2. The lowest BCUT2D eigenvalue weighted by Crippen LogP contribution is -2.12. The number of hydrogen-bond donors (Lipinski definition) is 1. The summed E-state index contributed by atoms with van der Waals surface area (Å²) >= 11 is 0. The summed E-state index contributed by atoms with van der Waals surface area (Å²) in [6.45, 7) is 2.41. The van der Waals surface area contributed by atoms with Crippen molar-refractivity contribution in [3.63, 3.8) is 0 Å². The summed E-state index contributed by atoms with van der Waals surface area (Å²) < 4.78 is 18.3. The Hall–Kier alpha value is -2.36. The first-order chi connectivity index (χ1) is 9.19. The number of ether oxygens (including phenoxy) is 1. The standard InChI is InChI=1S/C15H14FNO2/c1-2-19-14-8-3-5-11(9-14)15(18)17-13-7-4-6-12(16)10-13/h3-10H,2H2,1H3,(H,17,18). The molecule has 98 valence electrons. The predicted molar refractivity (Wildman–Crippen MR) is 72.0 cm³/mol. The van der Waals surface area contributed by atoms with Crippen LogP contribution < -0.4 is 10.1 Å². The number of halogens is 1. The van der Waals surface area contributed by atoms with Gasteiger partial charge in [0.25, 0.3) is 5.91 Å². The van der Waals surface area contributed by atoms with Crippen molar-refractivity contribution in [3.05, 3.63) is 59.9 Å². The molecule has 0 saturated carbocycles. The van der Waals surface area contributed by atoms with Gasteiger partial charge in [-0.3, -0.25) is 4.79 Å². The van der Waals surface area contributed by atoms with Gasteiger partial charge in [0.05, 0.1) is 6.61 Å². The highest BCUT2D eigenvalue weighted by molar-refractivity contribution is 6.04. The molecule has 1 amide bonds. The van der Waals surface area contributed by atoms with E-state index in [9.17, 15) is 9.18 Å². The lowest BCUT2D eigenvalue weighted by atomic mass is 10.2. The Labute approximate surface area is 111 Å². The Bertz CT molecular complexity index is 584. The highest BCUT2D eigenvalue weighted by Crippen LogP contribution is 2.15. The third kappa shape index (κ3) is 3.55. The number of rotatable bonds is 4. The van der Waals surface area contributed by atoms with E-state index in [1.807, 2.05) is 6.92 Å². The normalized spacial score (nSPS) is 10.0. The van der Waals surface area contributed by atoms with E-state index in [0.29, 0.717) is 23.6 Å². The smallest absolute Gasteiger partial charge is 0.255 e. The molecule has 2 rings (SSSR count). The van der Waals surface area contributed by atoms with Crippen LogP contribution in [0, 0.1) is 5.82 Å². The lowest BCUT2D eigenvalue weighted by molar-refractivity contribution is 0.102. The van der Waals surface area contributed by atoms with Crippen LogP contribution in [0.5, 0.6) is 5.75 Å². The summed E-state index contributed by atoms with van der Waals surface area (Å²) in [6, 6.07) is 12.6. The fraction of sp³-hybridized carbons (Fsp3) is 0.133. The maximum atomic E-state index is 13.0. The quantitative estimate of drug-likeness (QED) is 0.912. The topological polar surface area (TPSA) is 38.3 Å². The highest BCUT2D eigenvalue weighted by Gasteiger charge is 2.07. The molecule has 0 bridgehead atoms. The number of carbonyl (C=O) groups is 1. The second-order valence-electron chi connectivity index (χ2n) is 3.93. The minimum Gasteiger partial charge on any atom is -0.494 e. The number of nitrogens with one attached hydrogen (secondary N) is 1. The van der Waals surface area contributed by atoms with E-state index < -0.39 is 0 Å². The van der Waals surface area contributed by atoms with E-state index in [2.05, 4.69) is 5.32 Å². The molecule has 2 aromatic carbocycles. The van der Waals surface area contributed by atoms with Crippen LogP contribution in [0.2, 0.25) is 0 Å². The molecule has 1 N–H and O–H groups in total. The van der Waals surface area contributed by atoms with Gasteiger partial charge in [0.1, 0.15) is 11.6 Å². The first kappa shape index (κ1) is 13.1. The molecule has 0 aromatic heterocycles. The lowest BCUT2D eigenvalue weighted by Gasteiger charge is -2.07. The third-order valence-electron chi connectivity index (χ3n) is 2.49. The van der Waals surface area contributed by atoms with Crippen LogP contribution in [0.1, 0.15) is 17.3 Å². The van der Waals surface area contributed by atoms with Crippen LogP contribution in [0.25, 0.3) is 0 Å². The van der Waals surface area contributed by atoms with E-state index in [1.54, 1.807) is 36.4 Å². The maximum absolute atomic E-state index is 13.0. The molecular formula is C15H14FNO2. The molecule has 3 nitrogen and oxygen atoms in total. The second-order valence-corrected chi connectivity index (χ2v) is 3.93. The number of amides is 1. The molecule has 0 aliphatic rings. The van der Waals surface area contributed by atoms with Gasteiger partial charge in [0.15, 0.2) is 0 Å². The van der Waals surface area contributed by atoms with Crippen molar-refractivity contribution in [2.75, 3.05) is 11.9 Å². The molecule has 0 fully saturated rings. The van der Waals surface area contributed by atoms with E-state index in [0.717, 1.165) is 0 Å². The molecule has 0 saturated heterocycles. The number of carbonyl (C=O) groups excluding carboxylic acids is 1. The molecular weight excluding hydrogens is 245 g/mol. The number of hydrogen-bond acceptors (Lipinski definition) is 2. The molecule has 0 atom stereocenters. The molecule has 0 radical (unpaired) electrons. The average Bonchev–Trinajstić information content (AvgIpc) is 2.39. The largest absolute Gasteiger partial charge is 0.494 e. The summed E-state index contributed by atoms with van der Waals surface area (Å²) in [5.41, 5.74) is 0.891. The Morgan fingerprint density at radius 1 is 1.21 bits per heavy atom. The Morgan fingerprint density at radius 2 is 2.00 bits per heavy atom. The molecule has 0 aliphatic carbocycles. The second kappa shape index (κ2) is 6.00. The van der Waals surface area contributed by atoms with Crippen LogP contribution >= 0.6 is 0 Å². The van der Waals surface area contributed by atoms with Crippen LogP contribution in [-0.2, 0) is 0 Å². The van der Waals surface area contributed by atoms with Crippen molar-refractivity contribution in [2.45, 2.75) is 6.92 Å². The summed E-state index contributed by atoms with van der Waals surface area (Å²) in [5, 5.41) is 2.63. The summed E-state index contributed by atoms with van der Waals surface area (Å²) in [6.07, 6.45) is 0. The molecule has 0 unspecified atom stereocenters. The zero-order chi connectivity index (χ0) is 13.7. The fourth-order valence-corrected chi connectivity index (χ4v) is 1.66. The minimum atomic E-state index is -0.388. The van der Waals surface area contributed by atoms with Gasteiger partial charge in [-0.1, -0.05) is 12.1 Å². The van der Waals surface area contributed by atoms with Crippen molar-refractivity contribution in [2.24, 2.45) is 0 Å². The first-order valence-electron chi connectivity index (χ1n) is 5.99. The highest BCUT2D eigenvalue weighted by atomic mass is 19.1. The van der Waals surface area contributed by atoms with Crippen molar-refractivity contribution >= 4 is 11.6 Å². The Kier molecular flexibility index (Phi) is 4.13. The third-order valence-corrected chi connectivity index (χ3v) is 2.49. The zero-order valence-corrected chi connectivity index (χ0v) is 10.5. The van der Waals surface area contributed by atoms with Crippen molar-refractivity contribution in [3.8, 4) is 5.75 Å². The predicted octanol–water partition coefficient (Wildman–Crippen LogP) is 3.48. The van der Waals surface area contributed by atoms with Gasteiger partial charge in [-0.05, 0) is 43.3 Å². The zero-order valence-electron chi connectivity index (χ0n) is 10.5. The minimum absolute atomic E-state index is 0.299. The van der Waals surface area contributed by atoms with Crippen LogP contribution in [0.4, 0.5) is 10.1 Å². The molecule has 0 aliphatic heterocycles. The van der Waals surface area contributed by atoms with Crippen molar-refractivity contribution < 1.29 is 13.9 Å². The SMILES string of the molecule is CCOc1cccc(C(=O)Nc2cccc(F)c2)c1. The van der Waals surface area contributed by atoms with Gasteiger partial charge < -0.3 is 10.1 Å². The monoisotopic (exact) mass is 259 g/mol. The molecule has 0 heterocycles. The molecule has 0 spiro atoms. The molecule has 2 aromatic rings. The van der Waals surface area contributed by atoms with E-state index in [1.165, 1.54) is 12.1 Å². The van der Waals surface area contributed by atoms with Crippen molar-refractivity contribution in [1.82, 2.24) is 0 Å². The van der Waals surface area contributed by atoms with E-state index >= 15 is 0 Å². The van der Waals surface area contributed by atoms with Gasteiger partial charge >= 0.3 is 0 Å². The van der Waals surface area contributed by atoms with Crippen LogP contribution in [0.15, 0.2) is 48.5 Å². The fourth-order valence-electron chi connectivity index (χ4n) is 1.66. The van der Waals surface area contributed by atoms with Gasteiger partial charge in [0.2, 0.25) is 0 Å². The summed E-state index contributed by atoms with van der Waals surface area (Å²) in [5.74, 6) is -0.0533. The van der Waals surface area contributed by atoms with Gasteiger partial charge in [-0.2, -0.15) is 0 Å². The van der Waals surface area contributed by atoms with Crippen LogP contribution in [-0.4, -0.2) is 12.5 Å². The average molecular weight is 259 g/mol. The number of anilines is 1. The maximum Gasteiger partial charge on any atom is 0.255 e. The van der Waals surface area contributed by atoms with Gasteiger partial charge in [-0.15, -0.1) is 0 Å². The van der Waals surface area contributed by atoms with Gasteiger partial charge in [-0.25, -0.2) is 4.39 Å². The van der Waals surface area contributed by atoms with Crippen LogP contribution in [0.3, 0.4) is 0 Å². The van der Waals surface area contributed by atoms with Gasteiger partial charge in [0, 0.05) is 11.3 Å². The Balaban J connectivity index is 2.13.